The monoisotopic (exact) mass is 357 g/mol. The van der Waals surface area contributed by atoms with Crippen molar-refractivity contribution in [2.45, 2.75) is 6.35 Å². The number of anilines is 2. The number of para-hydroxylation sites is 1. The van der Waals surface area contributed by atoms with Gasteiger partial charge in [0.25, 0.3) is 0 Å². The molecule has 1 unspecified atom stereocenters. The topological polar surface area (TPSA) is 75.0 Å². The van der Waals surface area contributed by atoms with E-state index < -0.39 is 6.35 Å². The first kappa shape index (κ1) is 16.8. The fourth-order valence-corrected chi connectivity index (χ4v) is 2.76. The molecule has 2 aromatic carbocycles. The molecule has 0 bridgehead atoms. The first-order valence-corrected chi connectivity index (χ1v) is 8.63. The molecule has 0 aliphatic carbocycles. The molecule has 0 fully saturated rings. The summed E-state index contributed by atoms with van der Waals surface area (Å²) in [7, 11) is 0. The number of aromatic nitrogens is 3. The number of nitrogens with zero attached hydrogens (tertiary/aromatic N) is 3. The third-order valence-corrected chi connectivity index (χ3v) is 4.01. The molecule has 3 N–H and O–H groups in total. The van der Waals surface area contributed by atoms with Crippen LogP contribution in [0.4, 0.5) is 11.6 Å². The summed E-state index contributed by atoms with van der Waals surface area (Å²) in [6.07, 6.45) is 0.638. The Labute approximate surface area is 157 Å². The van der Waals surface area contributed by atoms with Crippen molar-refractivity contribution in [2.24, 2.45) is 0 Å². The van der Waals surface area contributed by atoms with Crippen molar-refractivity contribution in [2.75, 3.05) is 10.6 Å². The second kappa shape index (κ2) is 7.72. The zero-order valence-electron chi connectivity index (χ0n) is 14.5. The number of hydrogen-bond donors (Lipinski definition) is 3. The predicted octanol–water partition coefficient (Wildman–Crippen LogP) is 3.73. The van der Waals surface area contributed by atoms with E-state index in [-0.39, 0.29) is 0 Å². The van der Waals surface area contributed by atoms with Crippen LogP contribution < -0.4 is 10.6 Å². The number of benzene rings is 2. The van der Waals surface area contributed by atoms with Gasteiger partial charge >= 0.3 is 0 Å². The highest BCUT2D eigenvalue weighted by molar-refractivity contribution is 5.64. The van der Waals surface area contributed by atoms with Crippen LogP contribution in [0.5, 0.6) is 0 Å². The fraction of sp³-hybridized carbons (Fsp3) is 0.0476. The van der Waals surface area contributed by atoms with E-state index in [1.807, 2.05) is 78.9 Å². The molecule has 134 valence electrons. The smallest absolute Gasteiger partial charge is 0.205 e. The Kier molecular flexibility index (Phi) is 4.80. The van der Waals surface area contributed by atoms with Gasteiger partial charge in [-0.1, -0.05) is 54.6 Å². The van der Waals surface area contributed by atoms with Crippen molar-refractivity contribution in [3.05, 3.63) is 91.1 Å². The van der Waals surface area contributed by atoms with Crippen molar-refractivity contribution < 1.29 is 5.11 Å². The van der Waals surface area contributed by atoms with Crippen LogP contribution in [0.25, 0.3) is 16.9 Å². The number of pyridine rings is 1. The molecule has 0 saturated carbocycles. The molecule has 27 heavy (non-hydrogen) atoms. The van der Waals surface area contributed by atoms with Crippen molar-refractivity contribution in [3.8, 4) is 16.9 Å². The van der Waals surface area contributed by atoms with E-state index in [1.165, 1.54) is 0 Å². The summed E-state index contributed by atoms with van der Waals surface area (Å²) in [6.45, 7) is 0. The van der Waals surface area contributed by atoms with E-state index >= 15 is 0 Å². The Morgan fingerprint density at radius 2 is 1.52 bits per heavy atom. The number of rotatable bonds is 6. The van der Waals surface area contributed by atoms with E-state index in [4.69, 9.17) is 5.10 Å². The molecule has 0 saturated heterocycles. The van der Waals surface area contributed by atoms with Gasteiger partial charge in [0.15, 0.2) is 0 Å². The molecule has 0 spiro atoms. The third-order valence-electron chi connectivity index (χ3n) is 4.01. The zero-order valence-corrected chi connectivity index (χ0v) is 14.5. The van der Waals surface area contributed by atoms with Crippen LogP contribution in [0, 0.1) is 0 Å². The third kappa shape index (κ3) is 3.96. The highest BCUT2D eigenvalue weighted by Crippen LogP contribution is 2.25. The molecule has 0 amide bonds. The van der Waals surface area contributed by atoms with Gasteiger partial charge in [-0.25, -0.2) is 9.67 Å². The molecular formula is C21H19N5O. The summed E-state index contributed by atoms with van der Waals surface area (Å²) < 4.78 is 1.77. The molecule has 1 atom stereocenters. The van der Waals surface area contributed by atoms with Gasteiger partial charge in [0.05, 0.1) is 11.4 Å². The van der Waals surface area contributed by atoms with Crippen LogP contribution in [0.15, 0.2) is 91.1 Å². The van der Waals surface area contributed by atoms with Crippen molar-refractivity contribution in [3.63, 3.8) is 0 Å². The molecule has 2 aromatic heterocycles. The van der Waals surface area contributed by atoms with Gasteiger partial charge < -0.3 is 15.7 Å². The molecule has 4 aromatic rings. The van der Waals surface area contributed by atoms with Crippen LogP contribution >= 0.6 is 0 Å². The van der Waals surface area contributed by atoms with Gasteiger partial charge in [-0.3, -0.25) is 0 Å². The van der Waals surface area contributed by atoms with E-state index in [9.17, 15) is 5.11 Å². The second-order valence-corrected chi connectivity index (χ2v) is 5.93. The summed E-state index contributed by atoms with van der Waals surface area (Å²) in [5.74, 6) is 1.24. The first-order valence-electron chi connectivity index (χ1n) is 8.63. The lowest BCUT2D eigenvalue weighted by atomic mass is 10.2. The van der Waals surface area contributed by atoms with Crippen molar-refractivity contribution in [1.82, 2.24) is 14.8 Å². The quantitative estimate of drug-likeness (QED) is 0.459. The second-order valence-electron chi connectivity index (χ2n) is 5.93. The highest BCUT2D eigenvalue weighted by atomic mass is 16.3. The van der Waals surface area contributed by atoms with Gasteiger partial charge in [-0.2, -0.15) is 5.10 Å². The number of hydrogen-bond acceptors (Lipinski definition) is 5. The molecule has 0 aliphatic rings. The summed E-state index contributed by atoms with van der Waals surface area (Å²) in [5, 5.41) is 21.1. The van der Waals surface area contributed by atoms with Crippen LogP contribution in [0.2, 0.25) is 0 Å². The molecule has 4 rings (SSSR count). The molecule has 6 nitrogen and oxygen atoms in total. The lowest BCUT2D eigenvalue weighted by molar-refractivity contribution is 0.231. The number of aliphatic hydroxyl groups is 1. The number of aliphatic hydroxyl groups excluding tert-OH is 1. The Balaban J connectivity index is 1.65. The van der Waals surface area contributed by atoms with Crippen molar-refractivity contribution in [1.29, 1.82) is 0 Å². The van der Waals surface area contributed by atoms with Gasteiger partial charge in [-0.05, 0) is 24.3 Å². The van der Waals surface area contributed by atoms with E-state index in [1.54, 1.807) is 16.9 Å². The summed E-state index contributed by atoms with van der Waals surface area (Å²) in [5.41, 5.74) is 2.71. The zero-order chi connectivity index (χ0) is 18.5. The van der Waals surface area contributed by atoms with Gasteiger partial charge in [0, 0.05) is 17.8 Å². The minimum absolute atomic E-state index is 0.576. The van der Waals surface area contributed by atoms with Crippen LogP contribution in [-0.4, -0.2) is 26.2 Å². The lowest BCUT2D eigenvalue weighted by Gasteiger charge is -2.17. The maximum atomic E-state index is 10.4. The lowest BCUT2D eigenvalue weighted by Crippen LogP contribution is -2.29. The number of nitrogens with one attached hydrogen (secondary N) is 2. The Morgan fingerprint density at radius 1 is 0.815 bits per heavy atom. The van der Waals surface area contributed by atoms with Crippen molar-refractivity contribution >= 4 is 11.6 Å². The Hall–Kier alpha value is -3.64. The standard InChI is InChI=1S/C21H19N5O/c27-21(23-19-13-7-8-14-22-19)24-20-15-18(16-9-3-1-4-10-16)25-26(20)17-11-5-2-6-12-17/h1-15,21,24,27H,(H,22,23). The highest BCUT2D eigenvalue weighted by Gasteiger charge is 2.14. The average Bonchev–Trinajstić information content (AvgIpc) is 3.14. The predicted molar refractivity (Wildman–Crippen MR) is 106 cm³/mol. The summed E-state index contributed by atoms with van der Waals surface area (Å²) >= 11 is 0. The minimum atomic E-state index is -1.03. The summed E-state index contributed by atoms with van der Waals surface area (Å²) in [4.78, 5) is 4.16. The van der Waals surface area contributed by atoms with Gasteiger partial charge in [-0.15, -0.1) is 0 Å². The van der Waals surface area contributed by atoms with Gasteiger partial charge in [0.1, 0.15) is 11.6 Å². The largest absolute Gasteiger partial charge is 0.356 e. The molecule has 6 heteroatoms. The Bertz CT molecular complexity index is 987. The fourth-order valence-electron chi connectivity index (χ4n) is 2.76. The Morgan fingerprint density at radius 3 is 2.22 bits per heavy atom. The SMILES string of the molecule is OC(Nc1ccccn1)Nc1cc(-c2ccccc2)nn1-c1ccccc1. The molecule has 0 radical (unpaired) electrons. The molecule has 2 heterocycles. The van der Waals surface area contributed by atoms with E-state index in [0.717, 1.165) is 16.9 Å². The molecular weight excluding hydrogens is 338 g/mol. The molecule has 0 aliphatic heterocycles. The summed E-state index contributed by atoms with van der Waals surface area (Å²) in [6, 6.07) is 27.1. The van der Waals surface area contributed by atoms with Crippen LogP contribution in [0.3, 0.4) is 0 Å². The van der Waals surface area contributed by atoms with E-state index in [0.29, 0.717) is 11.6 Å². The van der Waals surface area contributed by atoms with Crippen LogP contribution in [0.1, 0.15) is 0 Å². The maximum absolute atomic E-state index is 10.4. The van der Waals surface area contributed by atoms with E-state index in [2.05, 4.69) is 15.6 Å². The maximum Gasteiger partial charge on any atom is 0.205 e. The minimum Gasteiger partial charge on any atom is -0.356 e. The average molecular weight is 357 g/mol. The first-order chi connectivity index (χ1) is 13.3. The van der Waals surface area contributed by atoms with Crippen LogP contribution in [-0.2, 0) is 0 Å². The normalized spacial score (nSPS) is 11.7. The van der Waals surface area contributed by atoms with Gasteiger partial charge in [0.2, 0.25) is 6.35 Å².